The van der Waals surface area contributed by atoms with Crippen molar-refractivity contribution in [2.45, 2.75) is 65.1 Å². The van der Waals surface area contributed by atoms with Gasteiger partial charge in [0.15, 0.2) is 0 Å². The van der Waals surface area contributed by atoms with Gasteiger partial charge in [-0.05, 0) is 123 Å². The summed E-state index contributed by atoms with van der Waals surface area (Å²) in [6.45, 7) is 7.28. The largest absolute Gasteiger partial charge is 0.519 e. The third-order valence-electron chi connectivity index (χ3n) is 7.78. The third kappa shape index (κ3) is 12.8. The lowest BCUT2D eigenvalue weighted by molar-refractivity contribution is 0.0523. The summed E-state index contributed by atoms with van der Waals surface area (Å²) in [7, 11) is 0. The molecule has 0 aliphatic rings. The fourth-order valence-electron chi connectivity index (χ4n) is 5.21. The maximum absolute atomic E-state index is 12.3. The van der Waals surface area contributed by atoms with E-state index in [1.54, 1.807) is 75.4 Å². The summed E-state index contributed by atoms with van der Waals surface area (Å²) in [6, 6.07) is 34.8. The van der Waals surface area contributed by atoms with Crippen LogP contribution in [0.15, 0.2) is 115 Å². The van der Waals surface area contributed by atoms with E-state index < -0.39 is 24.0 Å². The van der Waals surface area contributed by atoms with E-state index in [4.69, 9.17) is 23.7 Å². The van der Waals surface area contributed by atoms with Gasteiger partial charge in [-0.3, -0.25) is 0 Å². The zero-order valence-electron chi connectivity index (χ0n) is 29.7. The van der Waals surface area contributed by atoms with Crippen LogP contribution in [-0.2, 0) is 24.2 Å². The molecule has 0 radical (unpaired) electrons. The number of benzene rings is 5. The Morgan fingerprint density at radius 1 is 0.538 bits per heavy atom. The van der Waals surface area contributed by atoms with E-state index in [1.807, 2.05) is 60.7 Å². The first-order chi connectivity index (χ1) is 25.1. The first-order valence-corrected chi connectivity index (χ1v) is 17.3. The van der Waals surface area contributed by atoms with Crippen molar-refractivity contribution < 1.29 is 38.1 Å². The second-order valence-electron chi connectivity index (χ2n) is 13.2. The maximum Gasteiger partial charge on any atom is 0.519 e. The molecule has 10 heteroatoms. The molecular formula is C42H44N2O8. The number of amides is 1. The van der Waals surface area contributed by atoms with Crippen LogP contribution >= 0.6 is 0 Å². The Morgan fingerprint density at radius 3 is 1.62 bits per heavy atom. The van der Waals surface area contributed by atoms with Crippen molar-refractivity contribution in [3.05, 3.63) is 132 Å². The average molecular weight is 705 g/mol. The van der Waals surface area contributed by atoms with E-state index in [0.29, 0.717) is 29.5 Å². The van der Waals surface area contributed by atoms with Crippen LogP contribution in [0.3, 0.4) is 0 Å². The van der Waals surface area contributed by atoms with E-state index >= 15 is 0 Å². The van der Waals surface area contributed by atoms with Crippen LogP contribution in [0.1, 0.15) is 56.7 Å². The molecule has 0 bridgehead atoms. The van der Waals surface area contributed by atoms with Gasteiger partial charge in [0.1, 0.15) is 28.6 Å². The molecule has 5 aromatic carbocycles. The Hall–Kier alpha value is -5.87. The van der Waals surface area contributed by atoms with Crippen molar-refractivity contribution in [3.63, 3.8) is 0 Å². The van der Waals surface area contributed by atoms with E-state index in [-0.39, 0.29) is 6.54 Å². The van der Waals surface area contributed by atoms with E-state index in [1.165, 1.54) is 0 Å². The molecule has 2 N–H and O–H groups in total. The predicted octanol–water partition coefficient (Wildman–Crippen LogP) is 9.52. The highest BCUT2D eigenvalue weighted by Crippen LogP contribution is 2.22. The van der Waals surface area contributed by atoms with Crippen LogP contribution < -0.4 is 29.6 Å². The predicted molar refractivity (Wildman–Crippen MR) is 199 cm³/mol. The Balaban J connectivity index is 0.913. The molecule has 10 nitrogen and oxygen atoms in total. The van der Waals surface area contributed by atoms with Crippen LogP contribution in [0.25, 0.3) is 10.8 Å². The number of unbranched alkanes of at least 4 members (excludes halogenated alkanes) is 2. The van der Waals surface area contributed by atoms with E-state index in [0.717, 1.165) is 59.7 Å². The van der Waals surface area contributed by atoms with Crippen molar-refractivity contribution in [1.29, 1.82) is 0 Å². The molecule has 0 atom stereocenters. The molecule has 0 fully saturated rings. The second-order valence-corrected chi connectivity index (χ2v) is 13.2. The first kappa shape index (κ1) is 37.4. The smallest absolute Gasteiger partial charge is 0.444 e. The number of ether oxygens (including phenoxy) is 5. The highest BCUT2D eigenvalue weighted by atomic mass is 16.7. The molecule has 5 aromatic rings. The molecule has 52 heavy (non-hydrogen) atoms. The van der Waals surface area contributed by atoms with Crippen LogP contribution in [0, 0.1) is 0 Å². The molecule has 1 amide bonds. The van der Waals surface area contributed by atoms with Gasteiger partial charge >= 0.3 is 18.4 Å². The number of fused-ring (bicyclic) bond motifs is 1. The molecule has 0 saturated heterocycles. The Labute approximate surface area is 304 Å². The summed E-state index contributed by atoms with van der Waals surface area (Å²) in [5.74, 6) is 1.58. The highest BCUT2D eigenvalue weighted by Gasteiger charge is 2.16. The van der Waals surface area contributed by atoms with Gasteiger partial charge in [-0.15, -0.1) is 0 Å². The number of nitrogens with one attached hydrogen (secondary N) is 2. The van der Waals surface area contributed by atoms with Crippen molar-refractivity contribution in [2.24, 2.45) is 0 Å². The summed E-state index contributed by atoms with van der Waals surface area (Å²) in [5, 5.41) is 8.20. The van der Waals surface area contributed by atoms with Crippen molar-refractivity contribution in [2.75, 3.05) is 6.54 Å². The minimum atomic E-state index is -0.832. The topological polar surface area (TPSA) is 121 Å². The monoisotopic (exact) mass is 704 g/mol. The Morgan fingerprint density at radius 2 is 1.04 bits per heavy atom. The molecule has 5 rings (SSSR count). The summed E-state index contributed by atoms with van der Waals surface area (Å²) in [6.07, 6.45) is 1.95. The van der Waals surface area contributed by atoms with Crippen LogP contribution in [-0.4, -0.2) is 30.5 Å². The summed E-state index contributed by atoms with van der Waals surface area (Å²) in [4.78, 5) is 36.4. The standard InChI is InChI=1S/C42H44N2O8/c1-42(2,3)52-39(45)44-29-32-16-23-37(24-17-32)49-40(46)48-35-19-12-30(13-20-35)9-5-4-8-26-43-28-31-14-21-36(22-15-31)50-41(47)51-38-25-18-33-10-6-7-11-34(33)27-38/h6-7,10-25,27,43H,4-5,8-9,26,28-29H2,1-3H3,(H,44,45). The molecule has 0 aliphatic heterocycles. The quantitative estimate of drug-likeness (QED) is 0.0661. The number of hydrogen-bond donors (Lipinski definition) is 2. The van der Waals surface area contributed by atoms with Crippen molar-refractivity contribution in [1.82, 2.24) is 10.6 Å². The molecular weight excluding hydrogens is 660 g/mol. The zero-order chi connectivity index (χ0) is 36.8. The lowest BCUT2D eigenvalue weighted by Crippen LogP contribution is -2.32. The number of alkyl carbamates (subject to hydrolysis) is 1. The number of carbonyl (C=O) groups excluding carboxylic acids is 3. The van der Waals surface area contributed by atoms with Crippen LogP contribution in [0.5, 0.6) is 23.0 Å². The van der Waals surface area contributed by atoms with Gasteiger partial charge in [0, 0.05) is 13.1 Å². The SMILES string of the molecule is CC(C)(C)OC(=O)NCc1ccc(OC(=O)Oc2ccc(CCCCCNCc3ccc(OC(=O)Oc4ccc5ccccc5c4)cc3)cc2)cc1. The van der Waals surface area contributed by atoms with Gasteiger partial charge in [-0.25, -0.2) is 14.4 Å². The Kier molecular flexibility index (Phi) is 13.2. The number of hydrogen-bond acceptors (Lipinski definition) is 9. The summed E-state index contributed by atoms with van der Waals surface area (Å²) >= 11 is 0. The molecule has 0 heterocycles. The average Bonchev–Trinajstić information content (AvgIpc) is 3.11. The summed E-state index contributed by atoms with van der Waals surface area (Å²) < 4.78 is 26.5. The van der Waals surface area contributed by atoms with Gasteiger partial charge in [0.05, 0.1) is 0 Å². The van der Waals surface area contributed by atoms with Crippen molar-refractivity contribution in [3.8, 4) is 23.0 Å². The van der Waals surface area contributed by atoms with Gasteiger partial charge in [-0.1, -0.05) is 73.2 Å². The second kappa shape index (κ2) is 18.4. The van der Waals surface area contributed by atoms with Crippen LogP contribution in [0.2, 0.25) is 0 Å². The fourth-order valence-corrected chi connectivity index (χ4v) is 5.21. The first-order valence-electron chi connectivity index (χ1n) is 17.3. The van der Waals surface area contributed by atoms with E-state index in [2.05, 4.69) is 10.6 Å². The van der Waals surface area contributed by atoms with E-state index in [9.17, 15) is 14.4 Å². The lowest BCUT2D eigenvalue weighted by atomic mass is 10.1. The molecule has 270 valence electrons. The molecule has 0 aromatic heterocycles. The van der Waals surface area contributed by atoms with Gasteiger partial charge < -0.3 is 34.3 Å². The normalized spacial score (nSPS) is 11.1. The molecule has 0 spiro atoms. The molecule has 0 aliphatic carbocycles. The minimum Gasteiger partial charge on any atom is -0.444 e. The van der Waals surface area contributed by atoms with Gasteiger partial charge in [0.2, 0.25) is 0 Å². The molecule has 0 unspecified atom stereocenters. The maximum atomic E-state index is 12.3. The number of aryl methyl sites for hydroxylation is 1. The number of carbonyl (C=O) groups is 3. The fraction of sp³-hybridized carbons (Fsp3) is 0.262. The lowest BCUT2D eigenvalue weighted by Gasteiger charge is -2.19. The number of rotatable bonds is 14. The third-order valence-corrected chi connectivity index (χ3v) is 7.78. The van der Waals surface area contributed by atoms with Gasteiger partial charge in [0.25, 0.3) is 0 Å². The zero-order valence-corrected chi connectivity index (χ0v) is 29.7. The highest BCUT2D eigenvalue weighted by molar-refractivity contribution is 5.84. The van der Waals surface area contributed by atoms with Crippen molar-refractivity contribution >= 4 is 29.2 Å². The Bertz CT molecular complexity index is 1920. The van der Waals surface area contributed by atoms with Crippen LogP contribution in [0.4, 0.5) is 14.4 Å². The van der Waals surface area contributed by atoms with Gasteiger partial charge in [-0.2, -0.15) is 0 Å². The summed E-state index contributed by atoms with van der Waals surface area (Å²) in [5.41, 5.74) is 2.50. The molecule has 0 saturated carbocycles. The minimum absolute atomic E-state index is 0.284.